The minimum absolute atomic E-state index is 0.0875. The molecule has 0 aliphatic rings. The lowest BCUT2D eigenvalue weighted by Gasteiger charge is -2.02. The number of hydrogen-bond acceptors (Lipinski definition) is 5. The average Bonchev–Trinajstić information content (AvgIpc) is 3.21. The van der Waals surface area contributed by atoms with Crippen molar-refractivity contribution in [1.82, 2.24) is 4.98 Å². The standard InChI is InChI=1S/C24H25NO4/c1-18(26)28-21-14-9-13-20(16-21)23-17-25-24(29-23)22(27)15-8-3-2-5-10-19-11-6-4-7-12-19/h4,6-7,9,11-14,16-17H,2-3,5,8,10,15H2,1H3. The molecule has 3 rings (SSSR count). The molecule has 0 radical (unpaired) electrons. The van der Waals surface area contributed by atoms with Crippen LogP contribution in [0.4, 0.5) is 0 Å². The predicted octanol–water partition coefficient (Wildman–Crippen LogP) is 5.64. The van der Waals surface area contributed by atoms with Crippen molar-refractivity contribution in [2.24, 2.45) is 0 Å². The van der Waals surface area contributed by atoms with Crippen molar-refractivity contribution in [3.8, 4) is 17.1 Å². The Morgan fingerprint density at radius 1 is 0.966 bits per heavy atom. The Bertz CT molecular complexity index is 946. The largest absolute Gasteiger partial charge is 0.434 e. The van der Waals surface area contributed by atoms with Gasteiger partial charge in [0.05, 0.1) is 6.20 Å². The number of benzene rings is 2. The van der Waals surface area contributed by atoms with Gasteiger partial charge in [0.2, 0.25) is 5.78 Å². The van der Waals surface area contributed by atoms with E-state index in [0.29, 0.717) is 23.5 Å². The molecule has 0 N–H and O–H groups in total. The number of aryl methyl sites for hydroxylation is 1. The number of carbonyl (C=O) groups is 2. The maximum Gasteiger partial charge on any atom is 0.308 e. The summed E-state index contributed by atoms with van der Waals surface area (Å²) in [6, 6.07) is 17.4. The SMILES string of the molecule is CC(=O)Oc1cccc(-c2cnc(C(=O)CCCCCCc3ccccc3)o2)c1. The normalized spacial score (nSPS) is 10.7. The number of esters is 1. The Hall–Kier alpha value is -3.21. The average molecular weight is 391 g/mol. The molecule has 0 atom stereocenters. The summed E-state index contributed by atoms with van der Waals surface area (Å²) in [5.74, 6) is 0.553. The summed E-state index contributed by atoms with van der Waals surface area (Å²) >= 11 is 0. The quantitative estimate of drug-likeness (QED) is 0.193. The number of Topliss-reactive ketones (excluding diaryl/α,β-unsaturated/α-hetero) is 1. The van der Waals surface area contributed by atoms with Gasteiger partial charge in [-0.05, 0) is 37.0 Å². The molecule has 3 aromatic rings. The van der Waals surface area contributed by atoms with Gasteiger partial charge in [-0.25, -0.2) is 4.98 Å². The first-order valence-corrected chi connectivity index (χ1v) is 9.93. The van der Waals surface area contributed by atoms with Gasteiger partial charge >= 0.3 is 5.97 Å². The van der Waals surface area contributed by atoms with E-state index in [1.807, 2.05) is 12.1 Å². The minimum atomic E-state index is -0.389. The molecule has 150 valence electrons. The Morgan fingerprint density at radius 3 is 2.55 bits per heavy atom. The van der Waals surface area contributed by atoms with Crippen LogP contribution in [0.2, 0.25) is 0 Å². The fourth-order valence-electron chi connectivity index (χ4n) is 3.14. The summed E-state index contributed by atoms with van der Waals surface area (Å²) in [4.78, 5) is 27.5. The van der Waals surface area contributed by atoms with E-state index >= 15 is 0 Å². The lowest BCUT2D eigenvalue weighted by molar-refractivity contribution is -0.131. The fraction of sp³-hybridized carbons (Fsp3) is 0.292. The topological polar surface area (TPSA) is 69.4 Å². The van der Waals surface area contributed by atoms with Crippen molar-refractivity contribution in [3.05, 3.63) is 72.2 Å². The van der Waals surface area contributed by atoms with E-state index in [2.05, 4.69) is 29.2 Å². The van der Waals surface area contributed by atoms with Crippen molar-refractivity contribution in [2.45, 2.75) is 45.4 Å². The van der Waals surface area contributed by atoms with E-state index in [-0.39, 0.29) is 17.6 Å². The zero-order valence-electron chi connectivity index (χ0n) is 16.6. The molecule has 1 heterocycles. The third-order valence-corrected chi connectivity index (χ3v) is 4.59. The van der Waals surface area contributed by atoms with Crippen LogP contribution in [0.25, 0.3) is 11.3 Å². The van der Waals surface area contributed by atoms with Crippen molar-refractivity contribution < 1.29 is 18.7 Å². The molecule has 0 bridgehead atoms. The highest BCUT2D eigenvalue weighted by atomic mass is 16.5. The molecule has 29 heavy (non-hydrogen) atoms. The van der Waals surface area contributed by atoms with Crippen LogP contribution in [0.3, 0.4) is 0 Å². The van der Waals surface area contributed by atoms with Gasteiger partial charge in [-0.15, -0.1) is 0 Å². The lowest BCUT2D eigenvalue weighted by atomic mass is 10.0. The highest BCUT2D eigenvalue weighted by Crippen LogP contribution is 2.25. The molecular formula is C24H25NO4. The molecule has 0 amide bonds. The maximum atomic E-state index is 12.3. The van der Waals surface area contributed by atoms with E-state index in [1.54, 1.807) is 18.2 Å². The molecule has 0 saturated carbocycles. The molecule has 5 nitrogen and oxygen atoms in total. The van der Waals surface area contributed by atoms with Crippen molar-refractivity contribution >= 4 is 11.8 Å². The minimum Gasteiger partial charge on any atom is -0.434 e. The van der Waals surface area contributed by atoms with Gasteiger partial charge in [0, 0.05) is 18.9 Å². The first kappa shape index (κ1) is 20.5. The fourth-order valence-corrected chi connectivity index (χ4v) is 3.14. The molecule has 0 spiro atoms. The molecule has 1 aromatic heterocycles. The van der Waals surface area contributed by atoms with E-state index in [1.165, 1.54) is 18.7 Å². The molecular weight excluding hydrogens is 366 g/mol. The van der Waals surface area contributed by atoms with Gasteiger partial charge in [0.25, 0.3) is 5.89 Å². The molecule has 0 fully saturated rings. The molecule has 0 aliphatic carbocycles. The summed E-state index contributed by atoms with van der Waals surface area (Å²) in [7, 11) is 0. The highest BCUT2D eigenvalue weighted by molar-refractivity contribution is 5.92. The Balaban J connectivity index is 1.44. The summed E-state index contributed by atoms with van der Waals surface area (Å²) < 4.78 is 10.7. The van der Waals surface area contributed by atoms with Gasteiger partial charge in [0.1, 0.15) is 5.75 Å². The van der Waals surface area contributed by atoms with Crippen molar-refractivity contribution in [3.63, 3.8) is 0 Å². The number of carbonyl (C=O) groups excluding carboxylic acids is 2. The molecule has 0 saturated heterocycles. The van der Waals surface area contributed by atoms with Crippen molar-refractivity contribution in [2.75, 3.05) is 0 Å². The first-order valence-electron chi connectivity index (χ1n) is 9.93. The summed E-state index contributed by atoms with van der Waals surface area (Å²) in [5.41, 5.74) is 2.06. The van der Waals surface area contributed by atoms with Gasteiger partial charge in [-0.3, -0.25) is 9.59 Å². The van der Waals surface area contributed by atoms with Gasteiger partial charge in [0.15, 0.2) is 5.76 Å². The third-order valence-electron chi connectivity index (χ3n) is 4.59. The number of ketones is 1. The number of oxazole rings is 1. The van der Waals surface area contributed by atoms with E-state index < -0.39 is 0 Å². The number of rotatable bonds is 10. The van der Waals surface area contributed by atoms with Crippen LogP contribution in [0, 0.1) is 0 Å². The van der Waals surface area contributed by atoms with Crippen LogP contribution in [0.15, 0.2) is 65.2 Å². The molecule has 0 aliphatic heterocycles. The number of nitrogens with zero attached hydrogens (tertiary/aromatic N) is 1. The highest BCUT2D eigenvalue weighted by Gasteiger charge is 2.14. The smallest absolute Gasteiger partial charge is 0.308 e. The third kappa shape index (κ3) is 6.42. The monoisotopic (exact) mass is 391 g/mol. The second-order valence-electron chi connectivity index (χ2n) is 6.97. The summed E-state index contributed by atoms with van der Waals surface area (Å²) in [6.07, 6.45) is 7.09. The van der Waals surface area contributed by atoms with Gasteiger partial charge in [-0.2, -0.15) is 0 Å². The van der Waals surface area contributed by atoms with Gasteiger partial charge in [-0.1, -0.05) is 55.3 Å². The maximum absolute atomic E-state index is 12.3. The Labute approximate surface area is 170 Å². The molecule has 5 heteroatoms. The second kappa shape index (κ2) is 10.4. The van der Waals surface area contributed by atoms with Crippen LogP contribution >= 0.6 is 0 Å². The predicted molar refractivity (Wildman–Crippen MR) is 111 cm³/mol. The van der Waals surface area contributed by atoms with Gasteiger partial charge < -0.3 is 9.15 Å². The molecule has 2 aromatic carbocycles. The lowest BCUT2D eigenvalue weighted by Crippen LogP contribution is -2.01. The Morgan fingerprint density at radius 2 is 1.76 bits per heavy atom. The van der Waals surface area contributed by atoms with Crippen molar-refractivity contribution in [1.29, 1.82) is 0 Å². The number of unbranched alkanes of at least 4 members (excludes halogenated alkanes) is 3. The zero-order valence-corrected chi connectivity index (χ0v) is 16.6. The van der Waals surface area contributed by atoms with Crippen LogP contribution in [-0.2, 0) is 11.2 Å². The van der Waals surface area contributed by atoms with E-state index in [4.69, 9.17) is 9.15 Å². The number of hydrogen-bond donors (Lipinski definition) is 0. The first-order chi connectivity index (χ1) is 14.1. The van der Waals surface area contributed by atoms with Crippen LogP contribution in [0.5, 0.6) is 5.75 Å². The summed E-state index contributed by atoms with van der Waals surface area (Å²) in [6.45, 7) is 1.35. The molecule has 0 unspecified atom stereocenters. The van der Waals surface area contributed by atoms with E-state index in [0.717, 1.165) is 32.1 Å². The van der Waals surface area contributed by atoms with Crippen LogP contribution in [-0.4, -0.2) is 16.7 Å². The number of aromatic nitrogens is 1. The van der Waals surface area contributed by atoms with Crippen LogP contribution < -0.4 is 4.74 Å². The van der Waals surface area contributed by atoms with E-state index in [9.17, 15) is 9.59 Å². The number of ether oxygens (including phenoxy) is 1. The zero-order chi connectivity index (χ0) is 20.5. The summed E-state index contributed by atoms with van der Waals surface area (Å²) in [5, 5.41) is 0. The second-order valence-corrected chi connectivity index (χ2v) is 6.97. The van der Waals surface area contributed by atoms with Crippen LogP contribution in [0.1, 0.15) is 55.3 Å². The Kier molecular flexibility index (Phi) is 7.34.